The summed E-state index contributed by atoms with van der Waals surface area (Å²) in [5, 5.41) is 9.18. The van der Waals surface area contributed by atoms with Crippen LogP contribution in [-0.2, 0) is 0 Å². The molecule has 19 heavy (non-hydrogen) atoms. The predicted molar refractivity (Wildman–Crippen MR) is 72.3 cm³/mol. The highest BCUT2D eigenvalue weighted by Crippen LogP contribution is 2.28. The van der Waals surface area contributed by atoms with Crippen molar-refractivity contribution < 1.29 is 14.3 Å². The standard InChI is InChI=1S/C14H19FN2O2/c1-14(2)9-17(8-7-16(14)3)11-6-4-5-10(15)12(11)13(18)19/h4-6H,7-9H2,1-3H3,(H,18,19). The number of nitrogens with zero attached hydrogens (tertiary/aromatic N) is 2. The molecule has 1 fully saturated rings. The van der Waals surface area contributed by atoms with Crippen molar-refractivity contribution in [1.29, 1.82) is 0 Å². The predicted octanol–water partition coefficient (Wildman–Crippen LogP) is 2.05. The van der Waals surface area contributed by atoms with Crippen LogP contribution < -0.4 is 4.90 Å². The minimum absolute atomic E-state index is 0.0691. The lowest BCUT2D eigenvalue weighted by molar-refractivity contribution is 0.0691. The first-order valence-electron chi connectivity index (χ1n) is 6.31. The maximum absolute atomic E-state index is 13.7. The third-order valence-electron chi connectivity index (χ3n) is 3.86. The van der Waals surface area contributed by atoms with E-state index in [0.29, 0.717) is 18.8 Å². The molecule has 1 aliphatic heterocycles. The highest BCUT2D eigenvalue weighted by Gasteiger charge is 2.33. The summed E-state index contributed by atoms with van der Waals surface area (Å²) in [6, 6.07) is 4.42. The molecule has 0 aromatic heterocycles. The molecule has 0 amide bonds. The Morgan fingerprint density at radius 2 is 2.05 bits per heavy atom. The molecule has 1 saturated heterocycles. The first-order valence-corrected chi connectivity index (χ1v) is 6.31. The number of aromatic carboxylic acids is 1. The largest absolute Gasteiger partial charge is 0.478 e. The van der Waals surface area contributed by atoms with Crippen molar-refractivity contribution in [3.63, 3.8) is 0 Å². The van der Waals surface area contributed by atoms with Crippen LogP contribution in [0.2, 0.25) is 0 Å². The number of carboxylic acids is 1. The van der Waals surface area contributed by atoms with Crippen molar-refractivity contribution in [1.82, 2.24) is 4.90 Å². The van der Waals surface area contributed by atoms with Crippen molar-refractivity contribution in [2.24, 2.45) is 0 Å². The molecule has 0 radical (unpaired) electrons. The van der Waals surface area contributed by atoms with Gasteiger partial charge in [0.2, 0.25) is 0 Å². The Kier molecular flexibility index (Phi) is 3.49. The summed E-state index contributed by atoms with van der Waals surface area (Å²) in [5.74, 6) is -1.90. The number of hydrogen-bond donors (Lipinski definition) is 1. The van der Waals surface area contributed by atoms with Gasteiger partial charge < -0.3 is 10.0 Å². The lowest BCUT2D eigenvalue weighted by Crippen LogP contribution is -2.58. The molecule has 4 nitrogen and oxygen atoms in total. The van der Waals surface area contributed by atoms with E-state index in [1.165, 1.54) is 6.07 Å². The van der Waals surface area contributed by atoms with Crippen LogP contribution in [0, 0.1) is 5.82 Å². The summed E-state index contributed by atoms with van der Waals surface area (Å²) < 4.78 is 13.7. The van der Waals surface area contributed by atoms with Gasteiger partial charge in [-0.1, -0.05) is 6.07 Å². The molecule has 0 atom stereocenters. The lowest BCUT2D eigenvalue weighted by atomic mass is 9.98. The molecule has 104 valence electrons. The van der Waals surface area contributed by atoms with Crippen molar-refractivity contribution in [2.45, 2.75) is 19.4 Å². The van der Waals surface area contributed by atoms with E-state index in [9.17, 15) is 14.3 Å². The molecule has 5 heteroatoms. The normalized spacial score (nSPS) is 19.5. The maximum Gasteiger partial charge on any atom is 0.340 e. The number of likely N-dealkylation sites (N-methyl/N-ethyl adjacent to an activating group) is 1. The molecule has 0 spiro atoms. The molecule has 1 heterocycles. The zero-order valence-corrected chi connectivity index (χ0v) is 11.5. The fourth-order valence-electron chi connectivity index (χ4n) is 2.43. The van der Waals surface area contributed by atoms with E-state index in [1.807, 2.05) is 11.9 Å². The number of benzene rings is 1. The first kappa shape index (κ1) is 13.8. The zero-order chi connectivity index (χ0) is 14.2. The second-order valence-corrected chi connectivity index (χ2v) is 5.59. The number of rotatable bonds is 2. The van der Waals surface area contributed by atoms with Gasteiger partial charge in [-0.05, 0) is 33.0 Å². The second-order valence-electron chi connectivity index (χ2n) is 5.59. The number of hydrogen-bond acceptors (Lipinski definition) is 3. The summed E-state index contributed by atoms with van der Waals surface area (Å²) >= 11 is 0. The number of halogens is 1. The Hall–Kier alpha value is -1.62. The minimum Gasteiger partial charge on any atom is -0.478 e. The minimum atomic E-state index is -1.22. The van der Waals surface area contributed by atoms with E-state index in [0.717, 1.165) is 6.54 Å². The molecular formula is C14H19FN2O2. The monoisotopic (exact) mass is 266 g/mol. The topological polar surface area (TPSA) is 43.8 Å². The van der Waals surface area contributed by atoms with E-state index in [4.69, 9.17) is 0 Å². The number of carbonyl (C=O) groups is 1. The van der Waals surface area contributed by atoms with E-state index in [-0.39, 0.29) is 11.1 Å². The van der Waals surface area contributed by atoms with E-state index in [2.05, 4.69) is 18.7 Å². The average Bonchev–Trinajstić information content (AvgIpc) is 2.31. The molecule has 1 N–H and O–H groups in total. The maximum atomic E-state index is 13.7. The molecule has 1 aromatic carbocycles. The van der Waals surface area contributed by atoms with E-state index >= 15 is 0 Å². The number of piperazine rings is 1. The Bertz CT molecular complexity index is 502. The van der Waals surface area contributed by atoms with Gasteiger partial charge in [0, 0.05) is 25.2 Å². The van der Waals surface area contributed by atoms with Crippen molar-refractivity contribution in [2.75, 3.05) is 31.6 Å². The fraction of sp³-hybridized carbons (Fsp3) is 0.500. The Labute approximate surface area is 112 Å². The van der Waals surface area contributed by atoms with Gasteiger partial charge in [0.05, 0.1) is 5.69 Å². The summed E-state index contributed by atoms with van der Waals surface area (Å²) in [6.45, 7) is 6.39. The van der Waals surface area contributed by atoms with Gasteiger partial charge in [0.25, 0.3) is 0 Å². The molecule has 1 aliphatic rings. The SMILES string of the molecule is CN1CCN(c2cccc(F)c2C(=O)O)CC1(C)C. The lowest BCUT2D eigenvalue weighted by Gasteiger charge is -2.46. The van der Waals surface area contributed by atoms with Crippen LogP contribution in [-0.4, -0.2) is 48.2 Å². The third-order valence-corrected chi connectivity index (χ3v) is 3.86. The molecule has 0 aliphatic carbocycles. The summed E-state index contributed by atoms with van der Waals surface area (Å²) in [4.78, 5) is 15.4. The second kappa shape index (κ2) is 4.81. The summed E-state index contributed by atoms with van der Waals surface area (Å²) in [6.07, 6.45) is 0. The van der Waals surface area contributed by atoms with Gasteiger partial charge in [-0.2, -0.15) is 0 Å². The van der Waals surface area contributed by atoms with Crippen molar-refractivity contribution >= 4 is 11.7 Å². The highest BCUT2D eigenvalue weighted by molar-refractivity contribution is 5.94. The van der Waals surface area contributed by atoms with Crippen LogP contribution in [0.25, 0.3) is 0 Å². The van der Waals surface area contributed by atoms with Crippen LogP contribution >= 0.6 is 0 Å². The Morgan fingerprint density at radius 1 is 1.37 bits per heavy atom. The number of anilines is 1. The number of carboxylic acid groups (broad SMARTS) is 1. The summed E-state index contributed by atoms with van der Waals surface area (Å²) in [7, 11) is 2.04. The van der Waals surface area contributed by atoms with Crippen LogP contribution in [0.3, 0.4) is 0 Å². The van der Waals surface area contributed by atoms with Crippen LogP contribution in [0.1, 0.15) is 24.2 Å². The first-order chi connectivity index (χ1) is 8.83. The van der Waals surface area contributed by atoms with Gasteiger partial charge >= 0.3 is 5.97 Å². The van der Waals surface area contributed by atoms with Gasteiger partial charge in [0.1, 0.15) is 11.4 Å². The van der Waals surface area contributed by atoms with Gasteiger partial charge in [-0.15, -0.1) is 0 Å². The van der Waals surface area contributed by atoms with Crippen molar-refractivity contribution in [3.05, 3.63) is 29.6 Å². The fourth-order valence-corrected chi connectivity index (χ4v) is 2.43. The Balaban J connectivity index is 2.38. The van der Waals surface area contributed by atoms with E-state index < -0.39 is 11.8 Å². The Morgan fingerprint density at radius 3 is 2.63 bits per heavy atom. The summed E-state index contributed by atoms with van der Waals surface area (Å²) in [5.41, 5.74) is 0.164. The van der Waals surface area contributed by atoms with Gasteiger partial charge in [-0.3, -0.25) is 4.90 Å². The molecule has 0 unspecified atom stereocenters. The molecule has 0 bridgehead atoms. The van der Waals surface area contributed by atoms with Gasteiger partial charge in [-0.25, -0.2) is 9.18 Å². The van der Waals surface area contributed by atoms with Gasteiger partial charge in [0.15, 0.2) is 0 Å². The smallest absolute Gasteiger partial charge is 0.340 e. The van der Waals surface area contributed by atoms with Crippen LogP contribution in [0.4, 0.5) is 10.1 Å². The van der Waals surface area contributed by atoms with Crippen molar-refractivity contribution in [3.8, 4) is 0 Å². The average molecular weight is 266 g/mol. The molecule has 2 rings (SSSR count). The van der Waals surface area contributed by atoms with E-state index in [1.54, 1.807) is 12.1 Å². The van der Waals surface area contributed by atoms with Crippen LogP contribution in [0.5, 0.6) is 0 Å². The molecule has 0 saturated carbocycles. The third kappa shape index (κ3) is 2.56. The molecule has 1 aromatic rings. The zero-order valence-electron chi connectivity index (χ0n) is 11.5. The quantitative estimate of drug-likeness (QED) is 0.890. The van der Waals surface area contributed by atoms with Crippen LogP contribution in [0.15, 0.2) is 18.2 Å². The molecular weight excluding hydrogens is 247 g/mol. The highest BCUT2D eigenvalue weighted by atomic mass is 19.1.